The molecular formula is C20H24N4O4. The molecule has 1 aromatic carbocycles. The molecule has 0 atom stereocenters. The van der Waals surface area contributed by atoms with Crippen LogP contribution in [0, 0.1) is 0 Å². The maximum Gasteiger partial charge on any atom is 0.331 e. The third kappa shape index (κ3) is 3.20. The second-order valence-corrected chi connectivity index (χ2v) is 6.97. The van der Waals surface area contributed by atoms with Crippen molar-refractivity contribution in [2.75, 3.05) is 44.7 Å². The first kappa shape index (κ1) is 18.4. The van der Waals surface area contributed by atoms with Gasteiger partial charge in [0.25, 0.3) is 5.56 Å². The molecule has 8 heteroatoms. The summed E-state index contributed by atoms with van der Waals surface area (Å²) in [5.74, 6) is 0.874. The molecule has 2 aromatic heterocycles. The summed E-state index contributed by atoms with van der Waals surface area (Å²) in [4.78, 5) is 29.7. The van der Waals surface area contributed by atoms with Crippen LogP contribution < -0.4 is 20.9 Å². The van der Waals surface area contributed by atoms with Gasteiger partial charge in [0.1, 0.15) is 23.7 Å². The van der Waals surface area contributed by atoms with E-state index in [4.69, 9.17) is 9.15 Å². The molecule has 0 amide bonds. The van der Waals surface area contributed by atoms with Crippen LogP contribution in [0.2, 0.25) is 0 Å². The SMILES string of the molecule is COc1ccccc1N1CCN(CCn2c(=O)c3cocc3n(C)c2=O)CC1. The van der Waals surface area contributed by atoms with Gasteiger partial charge in [-0.15, -0.1) is 0 Å². The summed E-state index contributed by atoms with van der Waals surface area (Å²) >= 11 is 0. The molecular weight excluding hydrogens is 360 g/mol. The van der Waals surface area contributed by atoms with Crippen molar-refractivity contribution >= 4 is 16.6 Å². The van der Waals surface area contributed by atoms with Gasteiger partial charge in [0.2, 0.25) is 0 Å². The van der Waals surface area contributed by atoms with Gasteiger partial charge in [-0.1, -0.05) is 12.1 Å². The number of aryl methyl sites for hydroxylation is 1. The van der Waals surface area contributed by atoms with Crippen LogP contribution >= 0.6 is 0 Å². The maximum absolute atomic E-state index is 12.6. The molecule has 0 aliphatic carbocycles. The Bertz CT molecular complexity index is 1090. The molecule has 4 rings (SSSR count). The fourth-order valence-corrected chi connectivity index (χ4v) is 3.77. The van der Waals surface area contributed by atoms with E-state index in [-0.39, 0.29) is 11.2 Å². The topological polar surface area (TPSA) is 72.8 Å². The van der Waals surface area contributed by atoms with E-state index in [1.807, 2.05) is 18.2 Å². The van der Waals surface area contributed by atoms with E-state index in [0.717, 1.165) is 37.6 Å². The molecule has 1 aliphatic rings. The number of anilines is 1. The summed E-state index contributed by atoms with van der Waals surface area (Å²) in [5.41, 5.74) is 1.02. The third-order valence-corrected chi connectivity index (χ3v) is 5.43. The summed E-state index contributed by atoms with van der Waals surface area (Å²) in [6.07, 6.45) is 2.83. The van der Waals surface area contributed by atoms with Crippen molar-refractivity contribution in [3.05, 3.63) is 57.6 Å². The van der Waals surface area contributed by atoms with Crippen molar-refractivity contribution in [3.63, 3.8) is 0 Å². The van der Waals surface area contributed by atoms with Crippen LogP contribution in [0.25, 0.3) is 10.9 Å². The first-order chi connectivity index (χ1) is 13.6. The first-order valence-corrected chi connectivity index (χ1v) is 9.36. The van der Waals surface area contributed by atoms with Gasteiger partial charge < -0.3 is 14.1 Å². The number of rotatable bonds is 5. The number of furan rings is 1. The van der Waals surface area contributed by atoms with Gasteiger partial charge in [0, 0.05) is 46.3 Å². The number of methoxy groups -OCH3 is 1. The molecule has 28 heavy (non-hydrogen) atoms. The zero-order valence-corrected chi connectivity index (χ0v) is 16.1. The van der Waals surface area contributed by atoms with E-state index < -0.39 is 0 Å². The lowest BCUT2D eigenvalue weighted by Crippen LogP contribution is -2.49. The van der Waals surface area contributed by atoms with E-state index in [1.165, 1.54) is 21.7 Å². The Morgan fingerprint density at radius 1 is 1.04 bits per heavy atom. The van der Waals surface area contributed by atoms with Crippen LogP contribution in [-0.4, -0.2) is 53.9 Å². The number of hydrogen-bond donors (Lipinski definition) is 0. The Morgan fingerprint density at radius 2 is 1.79 bits per heavy atom. The summed E-state index contributed by atoms with van der Waals surface area (Å²) in [5, 5.41) is 0.433. The minimum absolute atomic E-state index is 0.292. The zero-order valence-electron chi connectivity index (χ0n) is 16.1. The summed E-state index contributed by atoms with van der Waals surface area (Å²) in [7, 11) is 3.34. The predicted octanol–water partition coefficient (Wildman–Crippen LogP) is 1.12. The molecule has 0 N–H and O–H groups in total. The highest BCUT2D eigenvalue weighted by atomic mass is 16.5. The van der Waals surface area contributed by atoms with Crippen molar-refractivity contribution in [1.29, 1.82) is 0 Å². The molecule has 1 aliphatic heterocycles. The molecule has 0 saturated carbocycles. The van der Waals surface area contributed by atoms with Gasteiger partial charge in [-0.05, 0) is 12.1 Å². The van der Waals surface area contributed by atoms with Crippen molar-refractivity contribution in [2.45, 2.75) is 6.54 Å². The second-order valence-electron chi connectivity index (χ2n) is 6.97. The molecule has 148 valence electrons. The summed E-state index contributed by atoms with van der Waals surface area (Å²) in [6, 6.07) is 8.01. The Kier molecular flexibility index (Phi) is 4.95. The monoisotopic (exact) mass is 384 g/mol. The highest BCUT2D eigenvalue weighted by molar-refractivity contribution is 5.76. The number of fused-ring (bicyclic) bond motifs is 1. The number of aromatic nitrogens is 2. The molecule has 0 unspecified atom stereocenters. The lowest BCUT2D eigenvalue weighted by Gasteiger charge is -2.36. The highest BCUT2D eigenvalue weighted by Crippen LogP contribution is 2.28. The van der Waals surface area contributed by atoms with Crippen LogP contribution in [0.4, 0.5) is 5.69 Å². The minimum Gasteiger partial charge on any atom is -0.495 e. The Morgan fingerprint density at radius 3 is 2.54 bits per heavy atom. The standard InChI is InChI=1S/C20H24N4O4/c1-21-17-14-28-13-15(17)19(25)24(20(21)26)12-9-22-7-10-23(11-8-22)16-5-3-4-6-18(16)27-2/h3-6,13-14H,7-12H2,1-2H3. The lowest BCUT2D eigenvalue weighted by atomic mass is 10.2. The van der Waals surface area contributed by atoms with Crippen molar-refractivity contribution < 1.29 is 9.15 Å². The van der Waals surface area contributed by atoms with Crippen LogP contribution in [0.5, 0.6) is 5.75 Å². The van der Waals surface area contributed by atoms with Gasteiger partial charge in [0.15, 0.2) is 0 Å². The van der Waals surface area contributed by atoms with Crippen molar-refractivity contribution in [2.24, 2.45) is 7.05 Å². The zero-order chi connectivity index (χ0) is 19.7. The van der Waals surface area contributed by atoms with E-state index in [1.54, 1.807) is 14.2 Å². The molecule has 1 saturated heterocycles. The largest absolute Gasteiger partial charge is 0.495 e. The van der Waals surface area contributed by atoms with Crippen LogP contribution in [-0.2, 0) is 13.6 Å². The second kappa shape index (κ2) is 7.55. The molecule has 0 spiro atoms. The molecule has 3 heterocycles. The average Bonchev–Trinajstić information content (AvgIpc) is 3.23. The van der Waals surface area contributed by atoms with Gasteiger partial charge >= 0.3 is 5.69 Å². The van der Waals surface area contributed by atoms with Gasteiger partial charge in [-0.2, -0.15) is 0 Å². The number of nitrogens with zero attached hydrogens (tertiary/aromatic N) is 4. The van der Waals surface area contributed by atoms with E-state index >= 15 is 0 Å². The van der Waals surface area contributed by atoms with Gasteiger partial charge in [-0.3, -0.25) is 18.8 Å². The molecule has 1 fully saturated rings. The maximum atomic E-state index is 12.6. The first-order valence-electron chi connectivity index (χ1n) is 9.36. The number of ether oxygens (including phenoxy) is 1. The Balaban J connectivity index is 1.43. The number of para-hydroxylation sites is 2. The van der Waals surface area contributed by atoms with E-state index in [2.05, 4.69) is 15.9 Å². The van der Waals surface area contributed by atoms with E-state index in [9.17, 15) is 9.59 Å². The van der Waals surface area contributed by atoms with Crippen molar-refractivity contribution in [3.8, 4) is 5.75 Å². The molecule has 0 radical (unpaired) electrons. The fraction of sp³-hybridized carbons (Fsp3) is 0.400. The summed E-state index contributed by atoms with van der Waals surface area (Å²) < 4.78 is 13.3. The molecule has 8 nitrogen and oxygen atoms in total. The average molecular weight is 384 g/mol. The van der Waals surface area contributed by atoms with Crippen LogP contribution in [0.15, 0.2) is 50.8 Å². The van der Waals surface area contributed by atoms with E-state index in [0.29, 0.717) is 24.0 Å². The third-order valence-electron chi connectivity index (χ3n) is 5.43. The van der Waals surface area contributed by atoms with Gasteiger partial charge in [0.05, 0.1) is 18.3 Å². The smallest absolute Gasteiger partial charge is 0.331 e. The Labute approximate surface area is 162 Å². The number of benzene rings is 1. The van der Waals surface area contributed by atoms with Crippen LogP contribution in [0.3, 0.4) is 0 Å². The fourth-order valence-electron chi connectivity index (χ4n) is 3.77. The quantitative estimate of drug-likeness (QED) is 0.657. The summed E-state index contributed by atoms with van der Waals surface area (Å²) in [6.45, 7) is 4.48. The minimum atomic E-state index is -0.313. The lowest BCUT2D eigenvalue weighted by molar-refractivity contribution is 0.245. The molecule has 3 aromatic rings. The molecule has 0 bridgehead atoms. The number of hydrogen-bond acceptors (Lipinski definition) is 6. The normalized spacial score (nSPS) is 15.3. The highest BCUT2D eigenvalue weighted by Gasteiger charge is 2.20. The van der Waals surface area contributed by atoms with Gasteiger partial charge in [-0.25, -0.2) is 4.79 Å². The van der Waals surface area contributed by atoms with Crippen LogP contribution in [0.1, 0.15) is 0 Å². The Hall–Kier alpha value is -3.00. The number of piperazine rings is 1. The van der Waals surface area contributed by atoms with Crippen molar-refractivity contribution in [1.82, 2.24) is 14.0 Å². The predicted molar refractivity (Wildman–Crippen MR) is 107 cm³/mol.